The van der Waals surface area contributed by atoms with Crippen LogP contribution >= 0.6 is 11.8 Å². The summed E-state index contributed by atoms with van der Waals surface area (Å²) in [4.78, 5) is 11.6. The number of aromatic amines is 1. The number of pyridine rings is 1. The molecule has 0 spiro atoms. The fraction of sp³-hybridized carbons (Fsp3) is 0.400. The maximum atomic E-state index is 6.02. The van der Waals surface area contributed by atoms with Crippen molar-refractivity contribution in [3.63, 3.8) is 0 Å². The van der Waals surface area contributed by atoms with Crippen molar-refractivity contribution in [2.24, 2.45) is 5.73 Å². The molecule has 0 fully saturated rings. The zero-order chi connectivity index (χ0) is 11.5. The standard InChI is InChI=1S/C10H15N5S/c1-16-5-4-6(11)9-13-7-2-3-8(12)14-10(7)15-9/h2-3,6H,4-5,11H2,1H3,(H3,12,13,14,15). The maximum Gasteiger partial charge on any atom is 0.179 e. The highest BCUT2D eigenvalue weighted by Crippen LogP contribution is 2.17. The number of rotatable bonds is 4. The zero-order valence-electron chi connectivity index (χ0n) is 9.10. The molecule has 0 bridgehead atoms. The van der Waals surface area contributed by atoms with Gasteiger partial charge in [0.05, 0.1) is 11.6 Å². The number of aromatic nitrogens is 3. The molecule has 2 rings (SSSR count). The van der Waals surface area contributed by atoms with Crippen LogP contribution in [0.2, 0.25) is 0 Å². The molecule has 1 unspecified atom stereocenters. The first kappa shape index (κ1) is 11.2. The fourth-order valence-corrected chi connectivity index (χ4v) is 1.97. The first-order chi connectivity index (χ1) is 7.70. The number of nitrogens with two attached hydrogens (primary N) is 2. The van der Waals surface area contributed by atoms with Gasteiger partial charge in [-0.3, -0.25) is 0 Å². The Morgan fingerprint density at radius 3 is 3.00 bits per heavy atom. The van der Waals surface area contributed by atoms with E-state index in [0.717, 1.165) is 23.5 Å². The third-order valence-corrected chi connectivity index (χ3v) is 3.01. The van der Waals surface area contributed by atoms with Crippen LogP contribution < -0.4 is 11.5 Å². The van der Waals surface area contributed by atoms with E-state index < -0.39 is 0 Å². The van der Waals surface area contributed by atoms with E-state index in [1.807, 2.05) is 6.07 Å². The van der Waals surface area contributed by atoms with Crippen LogP contribution in [0.4, 0.5) is 5.82 Å². The quantitative estimate of drug-likeness (QED) is 0.745. The molecule has 0 amide bonds. The van der Waals surface area contributed by atoms with Crippen LogP contribution in [0.3, 0.4) is 0 Å². The van der Waals surface area contributed by atoms with Gasteiger partial charge < -0.3 is 16.5 Å². The van der Waals surface area contributed by atoms with E-state index in [9.17, 15) is 0 Å². The van der Waals surface area contributed by atoms with Gasteiger partial charge in [0.15, 0.2) is 5.65 Å². The molecule has 1 atom stereocenters. The van der Waals surface area contributed by atoms with Gasteiger partial charge in [0.1, 0.15) is 11.6 Å². The number of H-pyrrole nitrogens is 1. The van der Waals surface area contributed by atoms with Gasteiger partial charge >= 0.3 is 0 Å². The van der Waals surface area contributed by atoms with E-state index in [1.165, 1.54) is 0 Å². The van der Waals surface area contributed by atoms with Gasteiger partial charge in [0.25, 0.3) is 0 Å². The molecule has 0 saturated carbocycles. The number of hydrogen-bond acceptors (Lipinski definition) is 5. The Hall–Kier alpha value is -1.27. The lowest BCUT2D eigenvalue weighted by Gasteiger charge is -2.06. The molecule has 6 heteroatoms. The minimum atomic E-state index is -0.0668. The van der Waals surface area contributed by atoms with Gasteiger partial charge in [-0.1, -0.05) is 0 Å². The number of imidazole rings is 1. The Bertz CT molecular complexity index is 481. The molecule has 0 radical (unpaired) electrons. The van der Waals surface area contributed by atoms with Crippen molar-refractivity contribution < 1.29 is 0 Å². The second-order valence-corrected chi connectivity index (χ2v) is 4.60. The molecule has 5 nitrogen and oxygen atoms in total. The van der Waals surface area contributed by atoms with Crippen molar-refractivity contribution in [1.82, 2.24) is 15.0 Å². The predicted octanol–water partition coefficient (Wildman–Crippen LogP) is 1.29. The van der Waals surface area contributed by atoms with Crippen LogP contribution in [0.5, 0.6) is 0 Å². The lowest BCUT2D eigenvalue weighted by Crippen LogP contribution is -2.12. The molecular weight excluding hydrogens is 222 g/mol. The summed E-state index contributed by atoms with van der Waals surface area (Å²) in [6.45, 7) is 0. The molecule has 0 aromatic carbocycles. The van der Waals surface area contributed by atoms with Crippen molar-refractivity contribution in [2.45, 2.75) is 12.5 Å². The second-order valence-electron chi connectivity index (χ2n) is 3.62. The molecule has 0 aliphatic carbocycles. The summed E-state index contributed by atoms with van der Waals surface area (Å²) in [5.74, 6) is 2.28. The van der Waals surface area contributed by atoms with E-state index >= 15 is 0 Å². The van der Waals surface area contributed by atoms with Gasteiger partial charge in [-0.2, -0.15) is 11.8 Å². The number of thioether (sulfide) groups is 1. The van der Waals surface area contributed by atoms with Gasteiger partial charge in [-0.25, -0.2) is 9.97 Å². The molecule has 2 aromatic heterocycles. The van der Waals surface area contributed by atoms with Crippen molar-refractivity contribution in [2.75, 3.05) is 17.7 Å². The summed E-state index contributed by atoms with van der Waals surface area (Å²) in [6, 6.07) is 3.55. The van der Waals surface area contributed by atoms with Gasteiger partial charge in [-0.15, -0.1) is 0 Å². The summed E-state index contributed by atoms with van der Waals surface area (Å²) in [6.07, 6.45) is 2.96. The van der Waals surface area contributed by atoms with Crippen LogP contribution in [0.25, 0.3) is 11.2 Å². The molecule has 0 aliphatic rings. The number of anilines is 1. The van der Waals surface area contributed by atoms with Crippen LogP contribution in [-0.4, -0.2) is 27.0 Å². The average molecular weight is 237 g/mol. The maximum absolute atomic E-state index is 6.02. The Morgan fingerprint density at radius 1 is 1.44 bits per heavy atom. The molecule has 5 N–H and O–H groups in total. The Morgan fingerprint density at radius 2 is 2.25 bits per heavy atom. The molecule has 16 heavy (non-hydrogen) atoms. The minimum Gasteiger partial charge on any atom is -0.384 e. The molecule has 86 valence electrons. The second kappa shape index (κ2) is 4.71. The van der Waals surface area contributed by atoms with E-state index in [4.69, 9.17) is 11.5 Å². The lowest BCUT2D eigenvalue weighted by atomic mass is 10.2. The van der Waals surface area contributed by atoms with Crippen molar-refractivity contribution in [1.29, 1.82) is 0 Å². The summed E-state index contributed by atoms with van der Waals surface area (Å²) >= 11 is 1.78. The summed E-state index contributed by atoms with van der Waals surface area (Å²) in [7, 11) is 0. The Labute approximate surface area is 98.0 Å². The molecule has 2 aromatic rings. The minimum absolute atomic E-state index is 0.0668. The first-order valence-corrected chi connectivity index (χ1v) is 6.46. The number of fused-ring (bicyclic) bond motifs is 1. The van der Waals surface area contributed by atoms with Crippen LogP contribution in [0, 0.1) is 0 Å². The highest BCUT2D eigenvalue weighted by atomic mass is 32.2. The van der Waals surface area contributed by atoms with Gasteiger partial charge in [-0.05, 0) is 30.6 Å². The van der Waals surface area contributed by atoms with Crippen molar-refractivity contribution in [3.05, 3.63) is 18.0 Å². The summed E-state index contributed by atoms with van der Waals surface area (Å²) < 4.78 is 0. The van der Waals surface area contributed by atoms with Gasteiger partial charge in [0, 0.05) is 0 Å². The largest absolute Gasteiger partial charge is 0.384 e. The topological polar surface area (TPSA) is 93.6 Å². The number of nitrogens with one attached hydrogen (secondary N) is 1. The predicted molar refractivity (Wildman–Crippen MR) is 68.2 cm³/mol. The summed E-state index contributed by atoms with van der Waals surface area (Å²) in [5, 5.41) is 0. The monoisotopic (exact) mass is 237 g/mol. The number of nitrogen functional groups attached to an aromatic ring is 1. The van der Waals surface area contributed by atoms with E-state index in [-0.39, 0.29) is 6.04 Å². The Balaban J connectivity index is 2.25. The Kier molecular flexibility index (Phi) is 3.31. The van der Waals surface area contributed by atoms with Gasteiger partial charge in [0.2, 0.25) is 0 Å². The lowest BCUT2D eigenvalue weighted by molar-refractivity contribution is 0.666. The van der Waals surface area contributed by atoms with Crippen molar-refractivity contribution >= 4 is 28.7 Å². The average Bonchev–Trinajstić information content (AvgIpc) is 2.68. The fourth-order valence-electron chi connectivity index (χ4n) is 1.48. The van der Waals surface area contributed by atoms with Crippen LogP contribution in [-0.2, 0) is 0 Å². The molecular formula is C10H15N5S. The molecule has 0 aliphatic heterocycles. The molecule has 0 saturated heterocycles. The third-order valence-electron chi connectivity index (χ3n) is 2.37. The highest BCUT2D eigenvalue weighted by molar-refractivity contribution is 7.98. The van der Waals surface area contributed by atoms with Crippen LogP contribution in [0.15, 0.2) is 12.1 Å². The normalized spacial score (nSPS) is 13.1. The van der Waals surface area contributed by atoms with Crippen molar-refractivity contribution in [3.8, 4) is 0 Å². The first-order valence-electron chi connectivity index (χ1n) is 5.07. The number of nitrogens with zero attached hydrogens (tertiary/aromatic N) is 2. The number of hydrogen-bond donors (Lipinski definition) is 3. The van der Waals surface area contributed by atoms with Crippen LogP contribution in [0.1, 0.15) is 18.3 Å². The van der Waals surface area contributed by atoms with E-state index in [2.05, 4.69) is 21.2 Å². The highest BCUT2D eigenvalue weighted by Gasteiger charge is 2.11. The SMILES string of the molecule is CSCCC(N)c1nc2nc(N)ccc2[nH]1. The smallest absolute Gasteiger partial charge is 0.179 e. The van der Waals surface area contributed by atoms with E-state index in [1.54, 1.807) is 17.8 Å². The summed E-state index contributed by atoms with van der Waals surface area (Å²) in [5.41, 5.74) is 13.1. The zero-order valence-corrected chi connectivity index (χ0v) is 9.92. The third kappa shape index (κ3) is 2.28. The van der Waals surface area contributed by atoms with E-state index in [0.29, 0.717) is 11.5 Å². The molecule has 2 heterocycles.